The van der Waals surface area contributed by atoms with E-state index in [4.69, 9.17) is 9.15 Å². The Balaban J connectivity index is 1.54. The van der Waals surface area contributed by atoms with Gasteiger partial charge in [-0.15, -0.1) is 0 Å². The number of hydrogen-bond donors (Lipinski definition) is 1. The first kappa shape index (κ1) is 19.2. The Hall–Kier alpha value is -2.56. The van der Waals surface area contributed by atoms with Crippen molar-refractivity contribution in [1.82, 2.24) is 5.32 Å². The molecule has 2 aromatic rings. The molecule has 3 rings (SSSR count). The van der Waals surface area contributed by atoms with Crippen LogP contribution in [0.3, 0.4) is 0 Å². The minimum atomic E-state index is -0.363. The third-order valence-electron chi connectivity index (χ3n) is 4.84. The lowest BCUT2D eigenvalue weighted by atomic mass is 9.97. The molecular formula is C22H27NO4. The van der Waals surface area contributed by atoms with Gasteiger partial charge in [-0.1, -0.05) is 25.0 Å². The lowest BCUT2D eigenvalue weighted by Crippen LogP contribution is -2.30. The monoisotopic (exact) mass is 369 g/mol. The molecule has 0 spiro atoms. The number of fused-ring (bicyclic) bond motifs is 1. The fraction of sp³-hybridized carbons (Fsp3) is 0.455. The largest absolute Gasteiger partial charge is 0.484 e. The highest BCUT2D eigenvalue weighted by atomic mass is 16.5. The summed E-state index contributed by atoms with van der Waals surface area (Å²) in [6, 6.07) is 6.91. The van der Waals surface area contributed by atoms with E-state index in [2.05, 4.69) is 18.3 Å². The molecule has 1 aliphatic rings. The summed E-state index contributed by atoms with van der Waals surface area (Å²) in [5.74, 6) is 0.372. The van der Waals surface area contributed by atoms with Gasteiger partial charge >= 0.3 is 5.63 Å². The number of nitrogens with one attached hydrogen (secondary N) is 1. The van der Waals surface area contributed by atoms with Crippen molar-refractivity contribution in [1.29, 1.82) is 0 Å². The number of hydrogen-bond acceptors (Lipinski definition) is 4. The van der Waals surface area contributed by atoms with E-state index in [1.165, 1.54) is 18.4 Å². The fourth-order valence-corrected chi connectivity index (χ4v) is 3.47. The molecule has 1 heterocycles. The van der Waals surface area contributed by atoms with Gasteiger partial charge in [0.25, 0.3) is 5.91 Å². The maximum absolute atomic E-state index is 12.0. The Morgan fingerprint density at radius 2 is 2.11 bits per heavy atom. The molecular weight excluding hydrogens is 342 g/mol. The molecule has 0 bridgehead atoms. The zero-order valence-electron chi connectivity index (χ0n) is 15.9. The van der Waals surface area contributed by atoms with Crippen LogP contribution in [0.25, 0.3) is 11.0 Å². The molecule has 0 saturated carbocycles. The second-order valence-electron chi connectivity index (χ2n) is 7.00. The van der Waals surface area contributed by atoms with Crippen molar-refractivity contribution in [2.45, 2.75) is 51.9 Å². The predicted molar refractivity (Wildman–Crippen MR) is 106 cm³/mol. The first-order valence-corrected chi connectivity index (χ1v) is 9.80. The highest BCUT2D eigenvalue weighted by molar-refractivity contribution is 5.82. The summed E-state index contributed by atoms with van der Waals surface area (Å²) in [6.07, 6.45) is 9.81. The Morgan fingerprint density at radius 1 is 1.22 bits per heavy atom. The van der Waals surface area contributed by atoms with E-state index in [0.717, 1.165) is 43.1 Å². The van der Waals surface area contributed by atoms with Gasteiger partial charge in [-0.2, -0.15) is 0 Å². The summed E-state index contributed by atoms with van der Waals surface area (Å²) in [4.78, 5) is 23.7. The zero-order chi connectivity index (χ0) is 19.1. The van der Waals surface area contributed by atoms with Gasteiger partial charge in [-0.05, 0) is 56.2 Å². The number of allylic oxidation sites excluding steroid dienone is 1. The minimum Gasteiger partial charge on any atom is -0.484 e. The maximum atomic E-state index is 12.0. The Kier molecular flexibility index (Phi) is 6.69. The van der Waals surface area contributed by atoms with Crippen molar-refractivity contribution >= 4 is 16.9 Å². The standard InChI is InChI=1S/C22H27NO4/c1-2-6-17-13-22(25)27-20-14-18(9-10-19(17)20)26-15-21(24)23-12-11-16-7-4-3-5-8-16/h7,9-10,13-14H,2-6,8,11-12,15H2,1H3,(H,23,24). The molecule has 5 nitrogen and oxygen atoms in total. The minimum absolute atomic E-state index is 0.0521. The average Bonchev–Trinajstić information content (AvgIpc) is 2.67. The number of carbonyl (C=O) groups is 1. The van der Waals surface area contributed by atoms with Crippen LogP contribution in [0.1, 0.15) is 51.0 Å². The third-order valence-corrected chi connectivity index (χ3v) is 4.84. The maximum Gasteiger partial charge on any atom is 0.336 e. The Labute approximate surface area is 159 Å². The molecule has 144 valence electrons. The molecule has 1 amide bonds. The Bertz CT molecular complexity index is 882. The first-order valence-electron chi connectivity index (χ1n) is 9.80. The Morgan fingerprint density at radius 3 is 2.89 bits per heavy atom. The first-order chi connectivity index (χ1) is 13.2. The number of benzene rings is 1. The van der Waals surface area contributed by atoms with E-state index in [-0.39, 0.29) is 18.1 Å². The number of rotatable bonds is 8. The normalized spacial score (nSPS) is 14.0. The van der Waals surface area contributed by atoms with Crippen LogP contribution >= 0.6 is 0 Å². The van der Waals surface area contributed by atoms with Gasteiger partial charge in [0.05, 0.1) is 0 Å². The quantitative estimate of drug-likeness (QED) is 0.561. The molecule has 0 unspecified atom stereocenters. The van der Waals surface area contributed by atoms with Crippen molar-refractivity contribution in [3.63, 3.8) is 0 Å². The van der Waals surface area contributed by atoms with E-state index in [1.54, 1.807) is 12.1 Å². The van der Waals surface area contributed by atoms with Crippen LogP contribution in [0.2, 0.25) is 0 Å². The van der Waals surface area contributed by atoms with Crippen LogP contribution in [0, 0.1) is 0 Å². The molecule has 27 heavy (non-hydrogen) atoms. The molecule has 1 aromatic heterocycles. The van der Waals surface area contributed by atoms with Crippen molar-refractivity contribution < 1.29 is 13.9 Å². The van der Waals surface area contributed by atoms with Gasteiger partial charge in [0.15, 0.2) is 6.61 Å². The van der Waals surface area contributed by atoms with Crippen LogP contribution in [-0.4, -0.2) is 19.1 Å². The van der Waals surface area contributed by atoms with Gasteiger partial charge < -0.3 is 14.5 Å². The molecule has 0 aliphatic heterocycles. The number of aryl methyl sites for hydroxylation is 1. The molecule has 1 aliphatic carbocycles. The van der Waals surface area contributed by atoms with Crippen molar-refractivity contribution in [3.05, 3.63) is 51.9 Å². The third kappa shape index (κ3) is 5.46. The second kappa shape index (κ2) is 9.40. The van der Waals surface area contributed by atoms with Crippen molar-refractivity contribution in [2.75, 3.05) is 13.2 Å². The molecule has 1 aromatic carbocycles. The SMILES string of the molecule is CCCc1cc(=O)oc2cc(OCC(=O)NCCC3=CCCCC3)ccc12. The second-order valence-corrected chi connectivity index (χ2v) is 7.00. The van der Waals surface area contributed by atoms with Crippen LogP contribution in [0.15, 0.2) is 45.1 Å². The van der Waals surface area contributed by atoms with Crippen molar-refractivity contribution in [2.24, 2.45) is 0 Å². The molecule has 1 N–H and O–H groups in total. The lowest BCUT2D eigenvalue weighted by molar-refractivity contribution is -0.123. The summed E-state index contributed by atoms with van der Waals surface area (Å²) < 4.78 is 10.9. The zero-order valence-corrected chi connectivity index (χ0v) is 15.9. The van der Waals surface area contributed by atoms with Crippen molar-refractivity contribution in [3.8, 4) is 5.75 Å². The summed E-state index contributed by atoms with van der Waals surface area (Å²) in [6.45, 7) is 2.66. The van der Waals surface area contributed by atoms with Gasteiger partial charge in [0.1, 0.15) is 11.3 Å². The number of carbonyl (C=O) groups excluding carboxylic acids is 1. The van der Waals surface area contributed by atoms with Gasteiger partial charge in [-0.3, -0.25) is 4.79 Å². The van der Waals surface area contributed by atoms with E-state index in [9.17, 15) is 9.59 Å². The molecule has 0 atom stereocenters. The molecule has 0 radical (unpaired) electrons. The van der Waals surface area contributed by atoms with Gasteiger partial charge in [-0.25, -0.2) is 4.79 Å². The van der Waals surface area contributed by atoms with Gasteiger partial charge in [0.2, 0.25) is 0 Å². The van der Waals surface area contributed by atoms with Gasteiger partial charge in [0, 0.05) is 24.1 Å². The summed E-state index contributed by atoms with van der Waals surface area (Å²) >= 11 is 0. The van der Waals surface area contributed by atoms with Crippen LogP contribution in [0.4, 0.5) is 0 Å². The summed E-state index contributed by atoms with van der Waals surface area (Å²) in [5, 5.41) is 3.81. The molecule has 0 fully saturated rings. The average molecular weight is 369 g/mol. The summed E-state index contributed by atoms with van der Waals surface area (Å²) in [5.41, 5.74) is 2.55. The fourth-order valence-electron chi connectivity index (χ4n) is 3.47. The highest BCUT2D eigenvalue weighted by Crippen LogP contribution is 2.23. The van der Waals surface area contributed by atoms with E-state index in [0.29, 0.717) is 17.9 Å². The lowest BCUT2D eigenvalue weighted by Gasteiger charge is -2.13. The predicted octanol–water partition coefficient (Wildman–Crippen LogP) is 4.13. The van der Waals surface area contributed by atoms with Crippen LogP contribution in [-0.2, 0) is 11.2 Å². The topological polar surface area (TPSA) is 68.5 Å². The van der Waals surface area contributed by atoms with E-state index in [1.807, 2.05) is 12.1 Å². The highest BCUT2D eigenvalue weighted by Gasteiger charge is 2.09. The van der Waals surface area contributed by atoms with Crippen LogP contribution < -0.4 is 15.7 Å². The summed E-state index contributed by atoms with van der Waals surface area (Å²) in [7, 11) is 0. The smallest absolute Gasteiger partial charge is 0.336 e. The molecule has 0 saturated heterocycles. The van der Waals surface area contributed by atoms with E-state index < -0.39 is 0 Å². The number of amides is 1. The van der Waals surface area contributed by atoms with Crippen LogP contribution in [0.5, 0.6) is 5.75 Å². The number of ether oxygens (including phenoxy) is 1. The van der Waals surface area contributed by atoms with E-state index >= 15 is 0 Å². The molecule has 5 heteroatoms.